The first kappa shape index (κ1) is 14.8. The molecule has 5 heteroatoms. The molecule has 0 aromatic heterocycles. The number of nitrogens with two attached hydrogens (primary N) is 1. The number of methoxy groups -OCH3 is 2. The van der Waals surface area contributed by atoms with Crippen LogP contribution in [0.3, 0.4) is 0 Å². The predicted molar refractivity (Wildman–Crippen MR) is 70.7 cm³/mol. The molecular formula is C13H22N2O3. The van der Waals surface area contributed by atoms with Gasteiger partial charge >= 0.3 is 0 Å². The lowest BCUT2D eigenvalue weighted by Gasteiger charge is -2.21. The molecule has 102 valence electrons. The maximum Gasteiger partial charge on any atom is 0.165 e. The van der Waals surface area contributed by atoms with Gasteiger partial charge in [-0.2, -0.15) is 0 Å². The lowest BCUT2D eigenvalue weighted by molar-refractivity contribution is 0.0606. The molecule has 0 aliphatic rings. The van der Waals surface area contributed by atoms with Crippen LogP contribution < -0.4 is 20.7 Å². The van der Waals surface area contributed by atoms with Crippen LogP contribution in [-0.4, -0.2) is 26.9 Å². The normalized spacial score (nSPS) is 12.6. The third-order valence-corrected chi connectivity index (χ3v) is 2.61. The molecule has 0 aliphatic carbocycles. The maximum atomic E-state index is 5.58. The van der Waals surface area contributed by atoms with Gasteiger partial charge < -0.3 is 14.2 Å². The van der Waals surface area contributed by atoms with Crippen molar-refractivity contribution in [3.8, 4) is 11.5 Å². The highest BCUT2D eigenvalue weighted by Crippen LogP contribution is 2.34. The van der Waals surface area contributed by atoms with Gasteiger partial charge in [-0.1, -0.05) is 12.1 Å². The molecule has 0 fully saturated rings. The summed E-state index contributed by atoms with van der Waals surface area (Å²) in [6.45, 7) is 4.43. The second kappa shape index (κ2) is 7.20. The van der Waals surface area contributed by atoms with Crippen LogP contribution in [0.15, 0.2) is 18.2 Å². The summed E-state index contributed by atoms with van der Waals surface area (Å²) in [6, 6.07) is 5.54. The van der Waals surface area contributed by atoms with Gasteiger partial charge in [-0.3, -0.25) is 11.3 Å². The predicted octanol–water partition coefficient (Wildman–Crippen LogP) is 1.63. The summed E-state index contributed by atoms with van der Waals surface area (Å²) in [7, 11) is 3.22. The molecule has 0 heterocycles. The molecule has 0 spiro atoms. The first-order valence-electron chi connectivity index (χ1n) is 5.92. The first-order valence-corrected chi connectivity index (χ1v) is 5.92. The number of para-hydroxylation sites is 1. The molecule has 1 atom stereocenters. The van der Waals surface area contributed by atoms with E-state index in [2.05, 4.69) is 5.43 Å². The Labute approximate surface area is 108 Å². The van der Waals surface area contributed by atoms with Crippen molar-refractivity contribution in [1.29, 1.82) is 0 Å². The van der Waals surface area contributed by atoms with E-state index in [0.29, 0.717) is 18.1 Å². The number of hydrazine groups is 1. The Morgan fingerprint density at radius 1 is 1.22 bits per heavy atom. The van der Waals surface area contributed by atoms with Gasteiger partial charge in [-0.05, 0) is 19.9 Å². The maximum absolute atomic E-state index is 5.58. The zero-order valence-electron chi connectivity index (χ0n) is 11.4. The minimum atomic E-state index is -0.141. The van der Waals surface area contributed by atoms with Crippen LogP contribution in [0.4, 0.5) is 0 Å². The summed E-state index contributed by atoms with van der Waals surface area (Å²) in [5.74, 6) is 6.94. The standard InChI is InChI=1S/C13H22N2O3/c1-9(2)18-8-11(15-14)10-6-5-7-12(16-3)13(10)17-4/h5-7,9,11,15H,8,14H2,1-4H3. The third kappa shape index (κ3) is 3.60. The first-order chi connectivity index (χ1) is 8.63. The van der Waals surface area contributed by atoms with E-state index in [9.17, 15) is 0 Å². The van der Waals surface area contributed by atoms with E-state index >= 15 is 0 Å². The average molecular weight is 254 g/mol. The van der Waals surface area contributed by atoms with Gasteiger partial charge in [-0.15, -0.1) is 0 Å². The molecule has 0 aliphatic heterocycles. The Morgan fingerprint density at radius 2 is 1.94 bits per heavy atom. The van der Waals surface area contributed by atoms with E-state index in [1.807, 2.05) is 32.0 Å². The van der Waals surface area contributed by atoms with Crippen molar-refractivity contribution in [3.63, 3.8) is 0 Å². The summed E-state index contributed by atoms with van der Waals surface area (Å²) in [5.41, 5.74) is 3.66. The second-order valence-corrected chi connectivity index (χ2v) is 4.18. The Bertz CT molecular complexity index is 369. The topological polar surface area (TPSA) is 65.7 Å². The van der Waals surface area contributed by atoms with Crippen molar-refractivity contribution < 1.29 is 14.2 Å². The van der Waals surface area contributed by atoms with Gasteiger partial charge in [0.25, 0.3) is 0 Å². The van der Waals surface area contributed by atoms with Gasteiger partial charge in [0.1, 0.15) is 0 Å². The van der Waals surface area contributed by atoms with Crippen LogP contribution in [0.2, 0.25) is 0 Å². The van der Waals surface area contributed by atoms with Crippen LogP contribution in [0.5, 0.6) is 11.5 Å². The van der Waals surface area contributed by atoms with Crippen molar-refractivity contribution in [3.05, 3.63) is 23.8 Å². The number of ether oxygens (including phenoxy) is 3. The summed E-state index contributed by atoms with van der Waals surface area (Å²) in [4.78, 5) is 0. The number of hydrogen-bond donors (Lipinski definition) is 2. The molecule has 1 rings (SSSR count). The monoisotopic (exact) mass is 254 g/mol. The molecule has 1 aromatic carbocycles. The van der Waals surface area contributed by atoms with Crippen molar-refractivity contribution in [2.75, 3.05) is 20.8 Å². The van der Waals surface area contributed by atoms with Gasteiger partial charge in [0.15, 0.2) is 11.5 Å². The molecule has 0 bridgehead atoms. The van der Waals surface area contributed by atoms with E-state index in [1.165, 1.54) is 0 Å². The fourth-order valence-corrected chi connectivity index (χ4v) is 1.70. The zero-order valence-corrected chi connectivity index (χ0v) is 11.4. The Balaban J connectivity index is 2.97. The number of nitrogens with one attached hydrogen (secondary N) is 1. The number of rotatable bonds is 7. The van der Waals surface area contributed by atoms with E-state index in [0.717, 1.165) is 5.56 Å². The van der Waals surface area contributed by atoms with Gasteiger partial charge in [0.2, 0.25) is 0 Å². The van der Waals surface area contributed by atoms with E-state index in [1.54, 1.807) is 14.2 Å². The summed E-state index contributed by atoms with van der Waals surface area (Å²) >= 11 is 0. The van der Waals surface area contributed by atoms with Crippen LogP contribution in [0.25, 0.3) is 0 Å². The summed E-state index contributed by atoms with van der Waals surface area (Å²) in [6.07, 6.45) is 0.150. The SMILES string of the molecule is COc1cccc(C(COC(C)C)NN)c1OC. The van der Waals surface area contributed by atoms with Crippen LogP contribution in [0, 0.1) is 0 Å². The van der Waals surface area contributed by atoms with Crippen LogP contribution >= 0.6 is 0 Å². The van der Waals surface area contributed by atoms with E-state index in [-0.39, 0.29) is 12.1 Å². The van der Waals surface area contributed by atoms with Crippen molar-refractivity contribution in [2.24, 2.45) is 5.84 Å². The van der Waals surface area contributed by atoms with Gasteiger partial charge in [-0.25, -0.2) is 0 Å². The minimum absolute atomic E-state index is 0.141. The summed E-state index contributed by atoms with van der Waals surface area (Å²) < 4.78 is 16.2. The molecular weight excluding hydrogens is 232 g/mol. The summed E-state index contributed by atoms with van der Waals surface area (Å²) in [5, 5.41) is 0. The average Bonchev–Trinajstić information content (AvgIpc) is 2.38. The van der Waals surface area contributed by atoms with Crippen LogP contribution in [0.1, 0.15) is 25.5 Å². The Morgan fingerprint density at radius 3 is 2.44 bits per heavy atom. The Hall–Kier alpha value is -1.30. The Kier molecular flexibility index (Phi) is 5.91. The van der Waals surface area contributed by atoms with Crippen molar-refractivity contribution in [2.45, 2.75) is 26.0 Å². The molecule has 5 nitrogen and oxygen atoms in total. The fourth-order valence-electron chi connectivity index (χ4n) is 1.70. The largest absolute Gasteiger partial charge is 0.493 e. The quantitative estimate of drug-likeness (QED) is 0.572. The lowest BCUT2D eigenvalue weighted by atomic mass is 10.1. The number of hydrogen-bond acceptors (Lipinski definition) is 5. The van der Waals surface area contributed by atoms with E-state index in [4.69, 9.17) is 20.1 Å². The van der Waals surface area contributed by atoms with Gasteiger partial charge in [0, 0.05) is 5.56 Å². The highest BCUT2D eigenvalue weighted by atomic mass is 16.5. The fraction of sp³-hybridized carbons (Fsp3) is 0.538. The molecule has 0 saturated carbocycles. The van der Waals surface area contributed by atoms with Crippen molar-refractivity contribution in [1.82, 2.24) is 5.43 Å². The highest BCUT2D eigenvalue weighted by molar-refractivity contribution is 5.48. The van der Waals surface area contributed by atoms with Gasteiger partial charge in [0.05, 0.1) is 33.0 Å². The molecule has 18 heavy (non-hydrogen) atoms. The molecule has 0 saturated heterocycles. The van der Waals surface area contributed by atoms with E-state index < -0.39 is 0 Å². The second-order valence-electron chi connectivity index (χ2n) is 4.18. The smallest absolute Gasteiger partial charge is 0.165 e. The molecule has 1 aromatic rings. The van der Waals surface area contributed by atoms with Crippen LogP contribution in [-0.2, 0) is 4.74 Å². The molecule has 3 N–H and O–H groups in total. The zero-order chi connectivity index (χ0) is 13.5. The lowest BCUT2D eigenvalue weighted by Crippen LogP contribution is -2.32. The third-order valence-electron chi connectivity index (χ3n) is 2.61. The molecule has 1 unspecified atom stereocenters. The minimum Gasteiger partial charge on any atom is -0.493 e. The molecule has 0 amide bonds. The van der Waals surface area contributed by atoms with Crippen molar-refractivity contribution >= 4 is 0 Å². The molecule has 0 radical (unpaired) electrons. The number of benzene rings is 1. The highest BCUT2D eigenvalue weighted by Gasteiger charge is 2.18.